The van der Waals surface area contributed by atoms with E-state index in [9.17, 15) is 9.90 Å². The minimum Gasteiger partial charge on any atom is -0.389 e. The van der Waals surface area contributed by atoms with Crippen molar-refractivity contribution in [1.82, 2.24) is 10.6 Å². The molecule has 6 heteroatoms. The van der Waals surface area contributed by atoms with Crippen molar-refractivity contribution in [2.45, 2.75) is 20.0 Å². The van der Waals surface area contributed by atoms with E-state index in [4.69, 9.17) is 9.47 Å². The summed E-state index contributed by atoms with van der Waals surface area (Å²) in [5.41, 5.74) is 0. The summed E-state index contributed by atoms with van der Waals surface area (Å²) in [6.07, 6.45) is -0.606. The highest BCUT2D eigenvalue weighted by Gasteiger charge is 2.05. The van der Waals surface area contributed by atoms with Crippen molar-refractivity contribution in [2.75, 3.05) is 46.1 Å². The van der Waals surface area contributed by atoms with Crippen LogP contribution in [0.2, 0.25) is 0 Å². The van der Waals surface area contributed by atoms with E-state index >= 15 is 0 Å². The Balaban J connectivity index is 3.28. The molecule has 0 aliphatic heterocycles. The van der Waals surface area contributed by atoms with Gasteiger partial charge < -0.3 is 25.2 Å². The number of aliphatic hydroxyl groups is 1. The molecule has 0 aromatic carbocycles. The second-order valence-electron chi connectivity index (χ2n) is 3.51. The summed E-state index contributed by atoms with van der Waals surface area (Å²) >= 11 is 0. The molecule has 0 rings (SSSR count). The number of nitrogens with one attached hydrogen (secondary N) is 2. The smallest absolute Gasteiger partial charge is 0.233 e. The molecule has 1 unspecified atom stereocenters. The summed E-state index contributed by atoms with van der Waals surface area (Å²) in [6.45, 7) is 6.87. The van der Waals surface area contributed by atoms with Gasteiger partial charge in [-0.25, -0.2) is 0 Å². The molecule has 0 aromatic heterocycles. The van der Waals surface area contributed by atoms with Crippen LogP contribution in [0.3, 0.4) is 0 Å². The standard InChI is InChI=1S/C11H24N2O4/c1-3-13-11(15)8-12-7-10(14)9-17-6-5-16-4-2/h10,12,14H,3-9H2,1-2H3,(H,13,15). The van der Waals surface area contributed by atoms with Gasteiger partial charge in [0.1, 0.15) is 0 Å². The Morgan fingerprint density at radius 1 is 1.29 bits per heavy atom. The van der Waals surface area contributed by atoms with Crippen LogP contribution in [0.1, 0.15) is 13.8 Å². The van der Waals surface area contributed by atoms with Crippen molar-refractivity contribution >= 4 is 5.91 Å². The lowest BCUT2D eigenvalue weighted by Crippen LogP contribution is -2.38. The van der Waals surface area contributed by atoms with Gasteiger partial charge in [-0.1, -0.05) is 0 Å². The van der Waals surface area contributed by atoms with Gasteiger partial charge in [0.25, 0.3) is 0 Å². The van der Waals surface area contributed by atoms with E-state index in [1.54, 1.807) is 0 Å². The molecule has 0 aliphatic carbocycles. The van der Waals surface area contributed by atoms with Crippen LogP contribution in [-0.4, -0.2) is 63.2 Å². The molecular formula is C11H24N2O4. The third kappa shape index (κ3) is 11.6. The van der Waals surface area contributed by atoms with Crippen molar-refractivity contribution in [3.05, 3.63) is 0 Å². The Hall–Kier alpha value is -0.690. The SMILES string of the molecule is CCNC(=O)CNCC(O)COCCOCC. The molecule has 0 saturated heterocycles. The minimum absolute atomic E-state index is 0.0723. The summed E-state index contributed by atoms with van der Waals surface area (Å²) in [4.78, 5) is 11.1. The molecule has 0 saturated carbocycles. The van der Waals surface area contributed by atoms with Crippen molar-refractivity contribution in [3.8, 4) is 0 Å². The highest BCUT2D eigenvalue weighted by Crippen LogP contribution is 1.85. The zero-order chi connectivity index (χ0) is 12.9. The van der Waals surface area contributed by atoms with Gasteiger partial charge in [-0.15, -0.1) is 0 Å². The molecule has 102 valence electrons. The minimum atomic E-state index is -0.606. The second kappa shape index (κ2) is 11.8. The third-order valence-electron chi connectivity index (χ3n) is 1.93. The first kappa shape index (κ1) is 16.3. The van der Waals surface area contributed by atoms with Crippen LogP contribution in [0.5, 0.6) is 0 Å². The predicted molar refractivity (Wildman–Crippen MR) is 64.9 cm³/mol. The fraction of sp³-hybridized carbons (Fsp3) is 0.909. The number of rotatable bonds is 11. The first-order valence-electron chi connectivity index (χ1n) is 6.01. The zero-order valence-corrected chi connectivity index (χ0v) is 10.7. The monoisotopic (exact) mass is 248 g/mol. The lowest BCUT2D eigenvalue weighted by molar-refractivity contribution is -0.120. The quantitative estimate of drug-likeness (QED) is 0.414. The fourth-order valence-electron chi connectivity index (χ4n) is 1.15. The molecule has 0 bridgehead atoms. The maximum absolute atomic E-state index is 11.1. The van der Waals surface area contributed by atoms with Crippen LogP contribution in [0.25, 0.3) is 0 Å². The third-order valence-corrected chi connectivity index (χ3v) is 1.93. The second-order valence-corrected chi connectivity index (χ2v) is 3.51. The van der Waals surface area contributed by atoms with E-state index in [0.29, 0.717) is 32.9 Å². The Bertz CT molecular complexity index is 190. The number of likely N-dealkylation sites (N-methyl/N-ethyl adjacent to an activating group) is 1. The predicted octanol–water partition coefficient (Wildman–Crippen LogP) is -0.874. The van der Waals surface area contributed by atoms with Crippen LogP contribution in [-0.2, 0) is 14.3 Å². The Labute approximate surface area is 103 Å². The maximum atomic E-state index is 11.1. The normalized spacial score (nSPS) is 12.4. The average Bonchev–Trinajstić information content (AvgIpc) is 2.29. The van der Waals surface area contributed by atoms with Crippen molar-refractivity contribution in [3.63, 3.8) is 0 Å². The molecule has 1 amide bonds. The molecular weight excluding hydrogens is 224 g/mol. The van der Waals surface area contributed by atoms with Gasteiger partial charge in [-0.05, 0) is 13.8 Å². The Morgan fingerprint density at radius 3 is 2.65 bits per heavy atom. The van der Waals surface area contributed by atoms with Crippen molar-refractivity contribution in [1.29, 1.82) is 0 Å². The van der Waals surface area contributed by atoms with Gasteiger partial charge in [0.2, 0.25) is 5.91 Å². The Morgan fingerprint density at radius 2 is 2.00 bits per heavy atom. The zero-order valence-electron chi connectivity index (χ0n) is 10.7. The number of hydrogen-bond donors (Lipinski definition) is 3. The Kier molecular flexibility index (Phi) is 11.3. The number of carbonyl (C=O) groups is 1. The molecule has 0 radical (unpaired) electrons. The van der Waals surface area contributed by atoms with Gasteiger partial charge >= 0.3 is 0 Å². The summed E-state index contributed by atoms with van der Waals surface area (Å²) in [5, 5.41) is 15.0. The van der Waals surface area contributed by atoms with Crippen LogP contribution in [0, 0.1) is 0 Å². The van der Waals surface area contributed by atoms with Gasteiger partial charge in [0, 0.05) is 19.7 Å². The lowest BCUT2D eigenvalue weighted by atomic mass is 10.3. The summed E-state index contributed by atoms with van der Waals surface area (Å²) < 4.78 is 10.3. The number of aliphatic hydroxyl groups excluding tert-OH is 1. The topological polar surface area (TPSA) is 79.8 Å². The molecule has 0 aliphatic rings. The molecule has 0 aromatic rings. The highest BCUT2D eigenvalue weighted by molar-refractivity contribution is 5.77. The molecule has 17 heavy (non-hydrogen) atoms. The molecule has 0 fully saturated rings. The molecule has 0 heterocycles. The van der Waals surface area contributed by atoms with E-state index in [1.807, 2.05) is 13.8 Å². The fourth-order valence-corrected chi connectivity index (χ4v) is 1.15. The summed E-state index contributed by atoms with van der Waals surface area (Å²) in [6, 6.07) is 0. The molecule has 6 nitrogen and oxygen atoms in total. The lowest BCUT2D eigenvalue weighted by Gasteiger charge is -2.12. The van der Waals surface area contributed by atoms with Crippen LogP contribution >= 0.6 is 0 Å². The van der Waals surface area contributed by atoms with Crippen molar-refractivity contribution in [2.24, 2.45) is 0 Å². The van der Waals surface area contributed by atoms with Crippen LogP contribution < -0.4 is 10.6 Å². The number of hydrogen-bond acceptors (Lipinski definition) is 5. The number of carbonyl (C=O) groups excluding carboxylic acids is 1. The maximum Gasteiger partial charge on any atom is 0.233 e. The average molecular weight is 248 g/mol. The van der Waals surface area contributed by atoms with Crippen LogP contribution in [0.4, 0.5) is 0 Å². The van der Waals surface area contributed by atoms with E-state index in [0.717, 1.165) is 0 Å². The van der Waals surface area contributed by atoms with Gasteiger partial charge in [0.05, 0.1) is 32.5 Å². The highest BCUT2D eigenvalue weighted by atomic mass is 16.5. The first-order valence-corrected chi connectivity index (χ1v) is 6.01. The van der Waals surface area contributed by atoms with E-state index in [-0.39, 0.29) is 19.1 Å². The number of ether oxygens (including phenoxy) is 2. The van der Waals surface area contributed by atoms with Crippen LogP contribution in [0.15, 0.2) is 0 Å². The van der Waals surface area contributed by atoms with Crippen molar-refractivity contribution < 1.29 is 19.4 Å². The van der Waals surface area contributed by atoms with E-state index in [1.165, 1.54) is 0 Å². The largest absolute Gasteiger partial charge is 0.389 e. The number of amides is 1. The molecule has 3 N–H and O–H groups in total. The van der Waals surface area contributed by atoms with E-state index in [2.05, 4.69) is 10.6 Å². The summed E-state index contributed by atoms with van der Waals surface area (Å²) in [5.74, 6) is -0.0723. The molecule has 1 atom stereocenters. The summed E-state index contributed by atoms with van der Waals surface area (Å²) in [7, 11) is 0. The molecule has 0 spiro atoms. The van der Waals surface area contributed by atoms with Gasteiger partial charge in [-0.3, -0.25) is 4.79 Å². The van der Waals surface area contributed by atoms with Gasteiger partial charge in [-0.2, -0.15) is 0 Å². The van der Waals surface area contributed by atoms with Gasteiger partial charge in [0.15, 0.2) is 0 Å². The van der Waals surface area contributed by atoms with E-state index < -0.39 is 6.10 Å². The first-order chi connectivity index (χ1) is 8.20.